The lowest BCUT2D eigenvalue weighted by atomic mass is 10.4. The van der Waals surface area contributed by atoms with E-state index in [2.05, 4.69) is 21.9 Å². The Morgan fingerprint density at radius 3 is 2.80 bits per heavy atom. The first-order valence-corrected chi connectivity index (χ1v) is 3.97. The minimum Gasteiger partial charge on any atom is -0.352 e. The van der Waals surface area contributed by atoms with Crippen molar-refractivity contribution in [2.24, 2.45) is 0 Å². The van der Waals surface area contributed by atoms with Crippen LogP contribution < -0.4 is 10.9 Å². The number of hydrogen-bond acceptors (Lipinski definition) is 3. The van der Waals surface area contributed by atoms with Crippen LogP contribution in [-0.2, 0) is 6.18 Å². The fourth-order valence-corrected chi connectivity index (χ4v) is 0.855. The van der Waals surface area contributed by atoms with Gasteiger partial charge in [-0.2, -0.15) is 13.2 Å². The van der Waals surface area contributed by atoms with Crippen molar-refractivity contribution in [3.05, 3.63) is 34.8 Å². The van der Waals surface area contributed by atoms with Crippen LogP contribution in [-0.4, -0.2) is 16.5 Å². The van der Waals surface area contributed by atoms with Gasteiger partial charge in [0.05, 0.1) is 0 Å². The summed E-state index contributed by atoms with van der Waals surface area (Å²) in [6.45, 7) is 3.58. The highest BCUT2D eigenvalue weighted by molar-refractivity contribution is 5.26. The van der Waals surface area contributed by atoms with Crippen LogP contribution >= 0.6 is 0 Å². The number of hydrogen-bond donors (Lipinski definition) is 2. The molecule has 0 fully saturated rings. The van der Waals surface area contributed by atoms with Crippen molar-refractivity contribution < 1.29 is 13.2 Å². The van der Waals surface area contributed by atoms with Gasteiger partial charge in [0.25, 0.3) is 5.56 Å². The summed E-state index contributed by atoms with van der Waals surface area (Å²) in [6, 6.07) is 0.402. The van der Waals surface area contributed by atoms with Gasteiger partial charge in [-0.1, -0.05) is 6.08 Å². The molecule has 0 bridgehead atoms. The molecule has 0 aliphatic carbocycles. The van der Waals surface area contributed by atoms with Crippen molar-refractivity contribution in [2.45, 2.75) is 6.18 Å². The molecule has 0 atom stereocenters. The zero-order chi connectivity index (χ0) is 11.5. The Hall–Kier alpha value is -1.79. The standard InChI is InChI=1S/C8H8F3N3O/c1-2-3-12-7-13-5(8(9,10)11)4-6(15)14-7/h2,4H,1,3H2,(H2,12,13,14,15). The number of rotatable bonds is 3. The molecule has 4 nitrogen and oxygen atoms in total. The summed E-state index contributed by atoms with van der Waals surface area (Å²) >= 11 is 0. The first-order valence-electron chi connectivity index (χ1n) is 3.97. The quantitative estimate of drug-likeness (QED) is 0.755. The zero-order valence-electron chi connectivity index (χ0n) is 7.56. The van der Waals surface area contributed by atoms with E-state index in [0.29, 0.717) is 6.07 Å². The van der Waals surface area contributed by atoms with E-state index in [-0.39, 0.29) is 12.5 Å². The zero-order valence-corrected chi connectivity index (χ0v) is 7.56. The third-order valence-corrected chi connectivity index (χ3v) is 1.45. The highest BCUT2D eigenvalue weighted by Gasteiger charge is 2.33. The second-order valence-corrected chi connectivity index (χ2v) is 2.65. The van der Waals surface area contributed by atoms with E-state index in [1.54, 1.807) is 0 Å². The predicted molar refractivity (Wildman–Crippen MR) is 48.5 cm³/mol. The lowest BCUT2D eigenvalue weighted by Gasteiger charge is -2.07. The molecule has 0 saturated heterocycles. The summed E-state index contributed by atoms with van der Waals surface area (Å²) in [6.07, 6.45) is -3.20. The van der Waals surface area contributed by atoms with E-state index in [9.17, 15) is 18.0 Å². The molecule has 2 N–H and O–H groups in total. The minimum absolute atomic E-state index is 0.213. The van der Waals surface area contributed by atoms with Gasteiger partial charge in [0.2, 0.25) is 5.95 Å². The fraction of sp³-hybridized carbons (Fsp3) is 0.250. The number of aromatic nitrogens is 2. The van der Waals surface area contributed by atoms with E-state index >= 15 is 0 Å². The predicted octanol–water partition coefficient (Wildman–Crippen LogP) is 1.39. The molecule has 0 radical (unpaired) electrons. The van der Waals surface area contributed by atoms with Crippen LogP contribution in [0.15, 0.2) is 23.5 Å². The normalized spacial score (nSPS) is 11.1. The smallest absolute Gasteiger partial charge is 0.352 e. The molecule has 1 rings (SSSR count). The Balaban J connectivity index is 3.05. The lowest BCUT2D eigenvalue weighted by Crippen LogP contribution is -2.18. The van der Waals surface area contributed by atoms with Crippen LogP contribution in [0.3, 0.4) is 0 Å². The van der Waals surface area contributed by atoms with E-state index in [4.69, 9.17) is 0 Å². The first kappa shape index (κ1) is 11.3. The highest BCUT2D eigenvalue weighted by Crippen LogP contribution is 2.26. The molecule has 0 spiro atoms. The van der Waals surface area contributed by atoms with Gasteiger partial charge in [-0.05, 0) is 0 Å². The minimum atomic E-state index is -4.63. The molecule has 0 unspecified atom stereocenters. The fourth-order valence-electron chi connectivity index (χ4n) is 0.855. The van der Waals surface area contributed by atoms with E-state index in [0.717, 1.165) is 0 Å². The van der Waals surface area contributed by atoms with Crippen LogP contribution in [0.25, 0.3) is 0 Å². The molecule has 0 aromatic carbocycles. The number of anilines is 1. The summed E-state index contributed by atoms with van der Waals surface area (Å²) in [5.41, 5.74) is -2.08. The first-order chi connectivity index (χ1) is 6.93. The average Bonchev–Trinajstić information content (AvgIpc) is 2.12. The SMILES string of the molecule is C=CCNc1nc(C(F)(F)F)cc(=O)[nH]1. The summed E-state index contributed by atoms with van der Waals surface area (Å²) in [5, 5.41) is 2.46. The average molecular weight is 219 g/mol. The largest absolute Gasteiger partial charge is 0.433 e. The van der Waals surface area contributed by atoms with Crippen molar-refractivity contribution in [3.63, 3.8) is 0 Å². The molecule has 1 heterocycles. The van der Waals surface area contributed by atoms with E-state index in [1.165, 1.54) is 6.08 Å². The van der Waals surface area contributed by atoms with Gasteiger partial charge in [-0.25, -0.2) is 4.98 Å². The van der Waals surface area contributed by atoms with Gasteiger partial charge in [0.1, 0.15) is 0 Å². The van der Waals surface area contributed by atoms with Crippen molar-refractivity contribution >= 4 is 5.95 Å². The summed E-state index contributed by atoms with van der Waals surface area (Å²) in [4.78, 5) is 16.2. The molecule has 0 saturated carbocycles. The summed E-state index contributed by atoms with van der Waals surface area (Å²) in [7, 11) is 0. The molecule has 1 aromatic heterocycles. The van der Waals surface area contributed by atoms with Crippen LogP contribution in [0.5, 0.6) is 0 Å². The van der Waals surface area contributed by atoms with Crippen molar-refractivity contribution in [1.82, 2.24) is 9.97 Å². The van der Waals surface area contributed by atoms with Crippen LogP contribution in [0.2, 0.25) is 0 Å². The number of H-pyrrole nitrogens is 1. The summed E-state index contributed by atoms with van der Waals surface area (Å²) in [5.74, 6) is -0.227. The molecular formula is C8H8F3N3O. The molecule has 0 amide bonds. The van der Waals surface area contributed by atoms with Gasteiger partial charge >= 0.3 is 6.18 Å². The number of alkyl halides is 3. The Morgan fingerprint density at radius 1 is 1.60 bits per heavy atom. The Labute approximate surface area is 82.8 Å². The third-order valence-electron chi connectivity index (χ3n) is 1.45. The maximum atomic E-state index is 12.2. The van der Waals surface area contributed by atoms with Gasteiger partial charge in [-0.3, -0.25) is 9.78 Å². The van der Waals surface area contributed by atoms with Gasteiger partial charge in [-0.15, -0.1) is 6.58 Å². The van der Waals surface area contributed by atoms with Gasteiger partial charge < -0.3 is 5.32 Å². The van der Waals surface area contributed by atoms with Crippen LogP contribution in [0.4, 0.5) is 19.1 Å². The van der Waals surface area contributed by atoms with Gasteiger partial charge in [0.15, 0.2) is 5.69 Å². The number of halogens is 3. The van der Waals surface area contributed by atoms with Crippen molar-refractivity contribution in [1.29, 1.82) is 0 Å². The Morgan fingerprint density at radius 2 is 2.27 bits per heavy atom. The number of aromatic amines is 1. The maximum Gasteiger partial charge on any atom is 0.433 e. The van der Waals surface area contributed by atoms with E-state index < -0.39 is 17.4 Å². The molecule has 82 valence electrons. The van der Waals surface area contributed by atoms with Crippen LogP contribution in [0.1, 0.15) is 5.69 Å². The number of nitrogens with zero attached hydrogens (tertiary/aromatic N) is 1. The molecule has 1 aromatic rings. The molecular weight excluding hydrogens is 211 g/mol. The van der Waals surface area contributed by atoms with Crippen molar-refractivity contribution in [2.75, 3.05) is 11.9 Å². The number of nitrogens with one attached hydrogen (secondary N) is 2. The van der Waals surface area contributed by atoms with Crippen LogP contribution in [0, 0.1) is 0 Å². The topological polar surface area (TPSA) is 57.8 Å². The molecule has 0 aliphatic heterocycles. The molecule has 0 aliphatic rings. The van der Waals surface area contributed by atoms with Crippen molar-refractivity contribution in [3.8, 4) is 0 Å². The third kappa shape index (κ3) is 3.12. The van der Waals surface area contributed by atoms with E-state index in [1.807, 2.05) is 0 Å². The highest BCUT2D eigenvalue weighted by atomic mass is 19.4. The van der Waals surface area contributed by atoms with Gasteiger partial charge in [0, 0.05) is 12.6 Å². The lowest BCUT2D eigenvalue weighted by molar-refractivity contribution is -0.141. The second-order valence-electron chi connectivity index (χ2n) is 2.65. The second kappa shape index (κ2) is 4.16. The molecule has 7 heteroatoms. The Bertz CT molecular complexity index is 410. The monoisotopic (exact) mass is 219 g/mol. The molecule has 15 heavy (non-hydrogen) atoms. The maximum absolute atomic E-state index is 12.2. The summed E-state index contributed by atoms with van der Waals surface area (Å²) < 4.78 is 36.6. The Kier molecular flexibility index (Phi) is 3.13.